The summed E-state index contributed by atoms with van der Waals surface area (Å²) in [5, 5.41) is 0. The zero-order valence-corrected chi connectivity index (χ0v) is 17.8. The first kappa shape index (κ1) is 21.1. The third-order valence-corrected chi connectivity index (χ3v) is 5.79. The molecule has 1 N–H and O–H groups in total. The molecule has 0 unspecified atom stereocenters. The maximum Gasteiger partial charge on any atom is 0.270 e. The first-order valence-corrected chi connectivity index (χ1v) is 10.5. The Bertz CT molecular complexity index is 831. The molecule has 3 rings (SSSR count). The van der Waals surface area contributed by atoms with Gasteiger partial charge in [-0.2, -0.15) is 0 Å². The molecule has 1 aliphatic rings. The monoisotopic (exact) mass is 396 g/mol. The number of piperidine rings is 1. The molecule has 0 aliphatic carbocycles. The van der Waals surface area contributed by atoms with Crippen LogP contribution in [-0.2, 0) is 11.2 Å². The van der Waals surface area contributed by atoms with Gasteiger partial charge in [0.2, 0.25) is 5.91 Å². The number of pyridine rings is 1. The molecule has 0 radical (unpaired) electrons. The van der Waals surface area contributed by atoms with Crippen LogP contribution in [0.5, 0.6) is 0 Å². The van der Waals surface area contributed by atoms with E-state index in [0.717, 1.165) is 55.7 Å². The molecule has 2 amide bonds. The summed E-state index contributed by atoms with van der Waals surface area (Å²) in [4.78, 5) is 36.6. The van der Waals surface area contributed by atoms with E-state index in [2.05, 4.69) is 9.97 Å². The van der Waals surface area contributed by atoms with Crippen LogP contribution in [0.2, 0.25) is 0 Å². The Morgan fingerprint density at radius 3 is 2.83 bits per heavy atom. The van der Waals surface area contributed by atoms with E-state index in [1.54, 1.807) is 11.1 Å². The third-order valence-electron chi connectivity index (χ3n) is 5.79. The van der Waals surface area contributed by atoms with Gasteiger partial charge in [-0.05, 0) is 62.8 Å². The van der Waals surface area contributed by atoms with Crippen LogP contribution in [0.15, 0.2) is 30.5 Å². The van der Waals surface area contributed by atoms with Gasteiger partial charge in [-0.1, -0.05) is 6.07 Å². The fraction of sp³-hybridized carbons (Fsp3) is 0.522. The van der Waals surface area contributed by atoms with Crippen molar-refractivity contribution >= 4 is 11.8 Å². The van der Waals surface area contributed by atoms with E-state index in [1.807, 2.05) is 50.1 Å². The van der Waals surface area contributed by atoms with Crippen LogP contribution in [0.1, 0.15) is 53.1 Å². The number of hydrogen-bond acceptors (Lipinski definition) is 3. The molecule has 6 heteroatoms. The molecule has 1 atom stereocenters. The van der Waals surface area contributed by atoms with Crippen LogP contribution >= 0.6 is 0 Å². The molecule has 0 aromatic carbocycles. The minimum Gasteiger partial charge on any atom is -0.354 e. The average Bonchev–Trinajstić information content (AvgIpc) is 3.08. The molecule has 1 fully saturated rings. The van der Waals surface area contributed by atoms with E-state index in [1.165, 1.54) is 0 Å². The largest absolute Gasteiger partial charge is 0.354 e. The molecule has 1 saturated heterocycles. The molecule has 0 saturated carbocycles. The Kier molecular flexibility index (Phi) is 7.07. The number of rotatable bonds is 7. The summed E-state index contributed by atoms with van der Waals surface area (Å²) in [6.45, 7) is 6.15. The fourth-order valence-corrected chi connectivity index (χ4v) is 4.07. The van der Waals surface area contributed by atoms with Crippen LogP contribution < -0.4 is 0 Å². The SMILES string of the molecule is Cc1cc(C)c(C(=O)N2CCC[C@H](CCC(=O)N(C)CCc3ccccn3)C2)[nH]1. The Balaban J connectivity index is 1.45. The van der Waals surface area contributed by atoms with Crippen molar-refractivity contribution in [1.82, 2.24) is 19.8 Å². The number of aromatic nitrogens is 2. The second-order valence-corrected chi connectivity index (χ2v) is 8.19. The highest BCUT2D eigenvalue weighted by Crippen LogP contribution is 2.23. The molecular weight excluding hydrogens is 364 g/mol. The van der Waals surface area contributed by atoms with E-state index in [9.17, 15) is 9.59 Å². The lowest BCUT2D eigenvalue weighted by Crippen LogP contribution is -2.40. The van der Waals surface area contributed by atoms with Gasteiger partial charge in [-0.25, -0.2) is 0 Å². The molecule has 2 aromatic rings. The standard InChI is InChI=1S/C23H32N4O2/c1-17-15-18(2)25-22(17)23(29)27-13-6-7-19(16-27)9-10-21(28)26(3)14-11-20-8-4-5-12-24-20/h4-5,8,12,15,19,25H,6-7,9-11,13-14,16H2,1-3H3/t19-/m1/s1. The Hall–Kier alpha value is -2.63. The number of nitrogens with zero attached hydrogens (tertiary/aromatic N) is 3. The molecule has 156 valence electrons. The number of aryl methyl sites for hydroxylation is 2. The van der Waals surface area contributed by atoms with Gasteiger partial charge in [0.15, 0.2) is 0 Å². The van der Waals surface area contributed by atoms with Crippen molar-refractivity contribution < 1.29 is 9.59 Å². The quantitative estimate of drug-likeness (QED) is 0.780. The van der Waals surface area contributed by atoms with E-state index >= 15 is 0 Å². The number of hydrogen-bond donors (Lipinski definition) is 1. The second-order valence-electron chi connectivity index (χ2n) is 8.19. The van der Waals surface area contributed by atoms with Crippen LogP contribution in [0.3, 0.4) is 0 Å². The van der Waals surface area contributed by atoms with Gasteiger partial charge >= 0.3 is 0 Å². The number of aromatic amines is 1. The van der Waals surface area contributed by atoms with Crippen molar-refractivity contribution in [3.05, 3.63) is 53.1 Å². The van der Waals surface area contributed by atoms with Gasteiger partial charge in [0, 0.05) is 57.1 Å². The Morgan fingerprint density at radius 2 is 2.14 bits per heavy atom. The molecule has 3 heterocycles. The lowest BCUT2D eigenvalue weighted by molar-refractivity contribution is -0.130. The Labute approximate surface area is 173 Å². The second kappa shape index (κ2) is 9.72. The van der Waals surface area contributed by atoms with Gasteiger partial charge in [-0.15, -0.1) is 0 Å². The molecule has 0 spiro atoms. The van der Waals surface area contributed by atoms with E-state index < -0.39 is 0 Å². The van der Waals surface area contributed by atoms with Crippen molar-refractivity contribution in [2.45, 2.75) is 46.0 Å². The van der Waals surface area contributed by atoms with Crippen molar-refractivity contribution in [3.63, 3.8) is 0 Å². The van der Waals surface area contributed by atoms with Gasteiger partial charge < -0.3 is 14.8 Å². The highest BCUT2D eigenvalue weighted by Gasteiger charge is 2.26. The predicted octanol–water partition coefficient (Wildman–Crippen LogP) is 3.36. The van der Waals surface area contributed by atoms with Gasteiger partial charge in [-0.3, -0.25) is 14.6 Å². The van der Waals surface area contributed by atoms with E-state index in [-0.39, 0.29) is 11.8 Å². The van der Waals surface area contributed by atoms with Crippen molar-refractivity contribution in [2.24, 2.45) is 5.92 Å². The first-order chi connectivity index (χ1) is 13.9. The van der Waals surface area contributed by atoms with Crippen molar-refractivity contribution in [3.8, 4) is 0 Å². The molecule has 6 nitrogen and oxygen atoms in total. The predicted molar refractivity (Wildman–Crippen MR) is 114 cm³/mol. The summed E-state index contributed by atoms with van der Waals surface area (Å²) in [5.41, 5.74) is 3.72. The maximum atomic E-state index is 12.9. The lowest BCUT2D eigenvalue weighted by atomic mass is 9.93. The van der Waals surface area contributed by atoms with Crippen molar-refractivity contribution in [2.75, 3.05) is 26.7 Å². The molecule has 0 bridgehead atoms. The van der Waals surface area contributed by atoms with Crippen molar-refractivity contribution in [1.29, 1.82) is 0 Å². The number of carbonyl (C=O) groups is 2. The van der Waals surface area contributed by atoms with Crippen LogP contribution in [0.25, 0.3) is 0 Å². The van der Waals surface area contributed by atoms with Crippen LogP contribution in [-0.4, -0.2) is 58.3 Å². The maximum absolute atomic E-state index is 12.9. The number of amides is 2. The number of likely N-dealkylation sites (tertiary alicyclic amines) is 1. The Morgan fingerprint density at radius 1 is 1.31 bits per heavy atom. The van der Waals surface area contributed by atoms with E-state index in [4.69, 9.17) is 0 Å². The molecule has 1 aliphatic heterocycles. The minimum absolute atomic E-state index is 0.0825. The number of nitrogens with one attached hydrogen (secondary N) is 1. The highest BCUT2D eigenvalue weighted by molar-refractivity contribution is 5.94. The summed E-state index contributed by atoms with van der Waals surface area (Å²) >= 11 is 0. The topological polar surface area (TPSA) is 69.3 Å². The first-order valence-electron chi connectivity index (χ1n) is 10.5. The number of carbonyl (C=O) groups excluding carboxylic acids is 2. The summed E-state index contributed by atoms with van der Waals surface area (Å²) in [7, 11) is 1.86. The molecular formula is C23H32N4O2. The smallest absolute Gasteiger partial charge is 0.270 e. The summed E-state index contributed by atoms with van der Waals surface area (Å²) in [5.74, 6) is 0.636. The number of H-pyrrole nitrogens is 1. The molecule has 2 aromatic heterocycles. The normalized spacial score (nSPS) is 16.7. The van der Waals surface area contributed by atoms with E-state index in [0.29, 0.717) is 24.6 Å². The molecule has 29 heavy (non-hydrogen) atoms. The summed E-state index contributed by atoms with van der Waals surface area (Å²) in [6.07, 6.45) is 5.99. The van der Waals surface area contributed by atoms with Gasteiger partial charge in [0.1, 0.15) is 5.69 Å². The third kappa shape index (κ3) is 5.68. The fourth-order valence-electron chi connectivity index (χ4n) is 4.07. The highest BCUT2D eigenvalue weighted by atomic mass is 16.2. The van der Waals surface area contributed by atoms with Crippen LogP contribution in [0, 0.1) is 19.8 Å². The minimum atomic E-state index is 0.0825. The van der Waals surface area contributed by atoms with Gasteiger partial charge in [0.05, 0.1) is 0 Å². The van der Waals surface area contributed by atoms with Gasteiger partial charge in [0.25, 0.3) is 5.91 Å². The summed E-state index contributed by atoms with van der Waals surface area (Å²) < 4.78 is 0. The van der Waals surface area contributed by atoms with Crippen LogP contribution in [0.4, 0.5) is 0 Å². The zero-order valence-electron chi connectivity index (χ0n) is 17.8. The zero-order chi connectivity index (χ0) is 20.8. The average molecular weight is 397 g/mol. The lowest BCUT2D eigenvalue weighted by Gasteiger charge is -2.33. The number of likely N-dealkylation sites (N-methyl/N-ethyl adjacent to an activating group) is 1. The summed E-state index contributed by atoms with van der Waals surface area (Å²) in [6, 6.07) is 7.86.